The summed E-state index contributed by atoms with van der Waals surface area (Å²) in [6.45, 7) is 4.76. The molecule has 0 saturated heterocycles. The molecule has 10 heavy (non-hydrogen) atoms. The van der Waals surface area contributed by atoms with Crippen LogP contribution in [0.1, 0.15) is 6.92 Å². The molecule has 4 nitrogen and oxygen atoms in total. The van der Waals surface area contributed by atoms with Gasteiger partial charge in [-0.25, -0.2) is 14.8 Å². The first-order chi connectivity index (χ1) is 4.63. The minimum atomic E-state index is -1.49. The van der Waals surface area contributed by atoms with Crippen molar-refractivity contribution >= 4 is 12.0 Å². The largest absolute Gasteiger partial charge is 0.459 e. The van der Waals surface area contributed by atoms with Gasteiger partial charge in [0, 0.05) is 6.54 Å². The Morgan fingerprint density at radius 1 is 1.60 bits per heavy atom. The molecule has 0 unspecified atom stereocenters. The number of rotatable bonds is 2. The Morgan fingerprint density at radius 3 is 2.20 bits per heavy atom. The highest BCUT2D eigenvalue weighted by Crippen LogP contribution is 1.90. The van der Waals surface area contributed by atoms with Crippen LogP contribution in [0.15, 0.2) is 12.7 Å². The van der Waals surface area contributed by atoms with E-state index in [4.69, 9.17) is 0 Å². The number of hydrogen-bond acceptors (Lipinski definition) is 2. The molecule has 0 saturated carbocycles. The second-order valence-electron chi connectivity index (χ2n) is 1.55. The van der Waals surface area contributed by atoms with E-state index in [9.17, 15) is 14.7 Å². The van der Waals surface area contributed by atoms with E-state index in [2.05, 4.69) is 6.58 Å². The molecule has 0 aliphatic carbocycles. The highest BCUT2D eigenvalue weighted by molar-refractivity contribution is 5.97. The fourth-order valence-electron chi connectivity index (χ4n) is 0.485. The predicted octanol–water partition coefficient (Wildman–Crippen LogP) is 0.571. The molecule has 55 valence electrons. The Balaban J connectivity index is 4.20. The Morgan fingerprint density at radius 2 is 2.10 bits per heavy atom. The molecule has 0 spiro atoms. The van der Waals surface area contributed by atoms with Gasteiger partial charge in [-0.3, -0.25) is 4.79 Å². The lowest BCUT2D eigenvalue weighted by Gasteiger charge is -2.09. The number of imide groups is 1. The summed E-state index contributed by atoms with van der Waals surface area (Å²) in [7, 11) is 0. The van der Waals surface area contributed by atoms with Crippen LogP contribution in [0.2, 0.25) is 0 Å². The molecule has 0 aromatic carbocycles. The summed E-state index contributed by atoms with van der Waals surface area (Å²) in [6.07, 6.45) is -0.563. The maximum Gasteiger partial charge on any atom is 0.459 e. The van der Waals surface area contributed by atoms with Gasteiger partial charge >= 0.3 is 6.09 Å². The number of nitrogens with zero attached hydrogens (tertiary/aromatic N) is 1. The molecule has 0 aromatic heterocycles. The number of amides is 2. The summed E-state index contributed by atoms with van der Waals surface area (Å²) in [5, 5.41) is 10.1. The summed E-state index contributed by atoms with van der Waals surface area (Å²) >= 11 is 0. The summed E-state index contributed by atoms with van der Waals surface area (Å²) in [5.41, 5.74) is 0. The van der Waals surface area contributed by atoms with Gasteiger partial charge in [-0.15, -0.1) is 0 Å². The normalized spacial score (nSPS) is 8.50. The van der Waals surface area contributed by atoms with Gasteiger partial charge in [-0.05, 0) is 13.0 Å². The van der Waals surface area contributed by atoms with Crippen molar-refractivity contribution in [3.63, 3.8) is 0 Å². The van der Waals surface area contributed by atoms with Crippen LogP contribution >= 0.6 is 0 Å². The summed E-state index contributed by atoms with van der Waals surface area (Å²) < 4.78 is 0. The number of hydrogen-bond donors (Lipinski definition) is 0. The fourth-order valence-corrected chi connectivity index (χ4v) is 0.485. The molecule has 0 heterocycles. The average Bonchev–Trinajstić information content (AvgIpc) is 1.88. The van der Waals surface area contributed by atoms with Crippen molar-refractivity contribution in [3.8, 4) is 0 Å². The first kappa shape index (κ1) is 8.68. The zero-order valence-corrected chi connectivity index (χ0v) is 5.66. The molecule has 0 fully saturated rings. The zero-order valence-electron chi connectivity index (χ0n) is 5.66. The van der Waals surface area contributed by atoms with Gasteiger partial charge in [0.2, 0.25) is 0 Å². The Bertz CT molecular complexity index is 164. The van der Waals surface area contributed by atoms with Crippen molar-refractivity contribution in [1.29, 1.82) is 0 Å². The first-order valence-corrected chi connectivity index (χ1v) is 2.78. The number of likely N-dealkylation sites (N-methyl/N-ethyl adjacent to an activating group) is 1. The van der Waals surface area contributed by atoms with Gasteiger partial charge in [0.15, 0.2) is 0 Å². The number of carbonyl (C=O) groups is 2. The molecule has 0 atom stereocenters. The average molecular weight is 142 g/mol. The van der Waals surface area contributed by atoms with Gasteiger partial charge in [0.1, 0.15) is 0 Å². The fraction of sp³-hybridized carbons (Fsp3) is 0.333. The van der Waals surface area contributed by atoms with E-state index in [1.54, 1.807) is 0 Å². The van der Waals surface area contributed by atoms with Crippen molar-refractivity contribution in [2.24, 2.45) is 0 Å². The van der Waals surface area contributed by atoms with Gasteiger partial charge in [-0.1, -0.05) is 6.58 Å². The molecule has 0 aliphatic heterocycles. The van der Waals surface area contributed by atoms with Crippen LogP contribution in [0, 0.1) is 0 Å². The molecule has 4 heteroatoms. The first-order valence-electron chi connectivity index (χ1n) is 2.78. The molecule has 2 amide bonds. The molecular weight excluding hydrogens is 134 g/mol. The minimum Gasteiger partial charge on any atom is -0.269 e. The van der Waals surface area contributed by atoms with Crippen molar-refractivity contribution in [2.75, 3.05) is 6.54 Å². The lowest BCUT2D eigenvalue weighted by molar-refractivity contribution is -0.124. The van der Waals surface area contributed by atoms with Crippen molar-refractivity contribution in [2.45, 2.75) is 6.92 Å². The molecule has 0 rings (SSSR count). The van der Waals surface area contributed by atoms with Gasteiger partial charge in [0.05, 0.1) is 0 Å². The summed E-state index contributed by atoms with van der Waals surface area (Å²) in [4.78, 5) is 21.2. The Hall–Kier alpha value is -1.32. The predicted molar refractivity (Wildman–Crippen MR) is 33.7 cm³/mol. The SMILES string of the molecule is C=CC(=O)N(CC)C([O])=O. The third-order valence-electron chi connectivity index (χ3n) is 0.977. The molecule has 0 N–H and O–H groups in total. The van der Waals surface area contributed by atoms with Crippen LogP contribution in [0.25, 0.3) is 0 Å². The second-order valence-corrected chi connectivity index (χ2v) is 1.55. The van der Waals surface area contributed by atoms with E-state index in [1.807, 2.05) is 0 Å². The monoisotopic (exact) mass is 142 g/mol. The molecule has 1 radical (unpaired) electrons. The maximum absolute atomic E-state index is 10.6. The third kappa shape index (κ3) is 1.89. The topological polar surface area (TPSA) is 57.3 Å². The van der Waals surface area contributed by atoms with Crippen molar-refractivity contribution < 1.29 is 14.7 Å². The van der Waals surface area contributed by atoms with Crippen LogP contribution in [0.3, 0.4) is 0 Å². The van der Waals surface area contributed by atoms with Crippen molar-refractivity contribution in [1.82, 2.24) is 4.90 Å². The van der Waals surface area contributed by atoms with Crippen LogP contribution in [-0.4, -0.2) is 23.4 Å². The zero-order chi connectivity index (χ0) is 8.15. The molecular formula is C6H8NO3. The van der Waals surface area contributed by atoms with E-state index in [0.29, 0.717) is 4.90 Å². The summed E-state index contributed by atoms with van der Waals surface area (Å²) in [6, 6.07) is 0. The highest BCUT2D eigenvalue weighted by atomic mass is 16.4. The molecule has 0 bridgehead atoms. The van der Waals surface area contributed by atoms with Gasteiger partial charge < -0.3 is 0 Å². The molecule has 0 aliphatic rings. The van der Waals surface area contributed by atoms with E-state index in [-0.39, 0.29) is 6.54 Å². The Kier molecular flexibility index (Phi) is 3.17. The lowest BCUT2D eigenvalue weighted by Crippen LogP contribution is -2.33. The highest BCUT2D eigenvalue weighted by Gasteiger charge is 2.16. The summed E-state index contributed by atoms with van der Waals surface area (Å²) in [5.74, 6) is -0.650. The van der Waals surface area contributed by atoms with Crippen LogP contribution < -0.4 is 0 Å². The third-order valence-corrected chi connectivity index (χ3v) is 0.977. The van der Waals surface area contributed by atoms with E-state index in [1.165, 1.54) is 6.92 Å². The van der Waals surface area contributed by atoms with Crippen LogP contribution in [0.4, 0.5) is 4.79 Å². The quantitative estimate of drug-likeness (QED) is 0.529. The maximum atomic E-state index is 10.6. The Labute approximate surface area is 58.8 Å². The number of carbonyl (C=O) groups excluding carboxylic acids is 2. The van der Waals surface area contributed by atoms with E-state index in [0.717, 1.165) is 6.08 Å². The minimum absolute atomic E-state index is 0.0905. The standard InChI is InChI=1S/C6H8NO3/c1-3-5(8)7(4-2)6(9)10/h3H,1,4H2,2H3. The van der Waals surface area contributed by atoms with E-state index >= 15 is 0 Å². The van der Waals surface area contributed by atoms with Crippen molar-refractivity contribution in [3.05, 3.63) is 12.7 Å². The van der Waals surface area contributed by atoms with Crippen LogP contribution in [-0.2, 0) is 9.90 Å². The lowest BCUT2D eigenvalue weighted by atomic mass is 10.5. The smallest absolute Gasteiger partial charge is 0.269 e. The second kappa shape index (κ2) is 3.66. The molecule has 0 aromatic rings. The van der Waals surface area contributed by atoms with Crippen LogP contribution in [0.5, 0.6) is 0 Å². The van der Waals surface area contributed by atoms with E-state index < -0.39 is 12.0 Å². The van der Waals surface area contributed by atoms with Gasteiger partial charge in [0.25, 0.3) is 5.91 Å². The van der Waals surface area contributed by atoms with Gasteiger partial charge in [-0.2, -0.15) is 0 Å².